The van der Waals surface area contributed by atoms with Crippen LogP contribution in [-0.4, -0.2) is 20.8 Å². The molecule has 23 heavy (non-hydrogen) atoms. The third-order valence-corrected chi connectivity index (χ3v) is 2.92. The van der Waals surface area contributed by atoms with Gasteiger partial charge in [0.1, 0.15) is 11.5 Å². The molecule has 3 rings (SSSR count). The van der Waals surface area contributed by atoms with Crippen molar-refractivity contribution in [3.8, 4) is 0 Å². The number of rotatable bonds is 4. The zero-order chi connectivity index (χ0) is 15.9. The number of nitrogens with zero attached hydrogens (tertiary/aromatic N) is 5. The van der Waals surface area contributed by atoms with Gasteiger partial charge in [-0.2, -0.15) is 0 Å². The molecule has 0 aromatic carbocycles. The van der Waals surface area contributed by atoms with Gasteiger partial charge in [0.2, 0.25) is 0 Å². The Bertz CT molecular complexity index is 799. The first-order chi connectivity index (χ1) is 11.3. The number of hydrogen-bond donors (Lipinski definition) is 2. The van der Waals surface area contributed by atoms with E-state index in [1.807, 2.05) is 18.2 Å². The predicted octanol–water partition coefficient (Wildman–Crippen LogP) is 3.72. The first kappa shape index (κ1) is 14.5. The van der Waals surface area contributed by atoms with Crippen molar-refractivity contribution >= 4 is 23.0 Å². The van der Waals surface area contributed by atoms with Gasteiger partial charge >= 0.3 is 0 Å². The summed E-state index contributed by atoms with van der Waals surface area (Å²) in [5.74, 6) is 0.916. The van der Waals surface area contributed by atoms with E-state index in [2.05, 4.69) is 30.4 Å². The van der Waals surface area contributed by atoms with Crippen molar-refractivity contribution in [3.05, 3.63) is 72.9 Å². The van der Waals surface area contributed by atoms with Crippen LogP contribution in [0.25, 0.3) is 0 Å². The van der Waals surface area contributed by atoms with E-state index >= 15 is 0 Å². The monoisotopic (exact) mass is 303 g/mol. The van der Waals surface area contributed by atoms with Crippen molar-refractivity contribution in [2.45, 2.75) is 0 Å². The van der Waals surface area contributed by atoms with E-state index in [0.29, 0.717) is 17.2 Å². The molecule has 0 atom stereocenters. The van der Waals surface area contributed by atoms with Crippen molar-refractivity contribution in [1.29, 1.82) is 5.53 Å². The quantitative estimate of drug-likeness (QED) is 0.436. The van der Waals surface area contributed by atoms with Crippen molar-refractivity contribution in [2.75, 3.05) is 5.32 Å². The average molecular weight is 303 g/mol. The van der Waals surface area contributed by atoms with Gasteiger partial charge in [-0.3, -0.25) is 9.97 Å². The Kier molecular flexibility index (Phi) is 4.39. The van der Waals surface area contributed by atoms with Crippen LogP contribution < -0.4 is 5.32 Å². The van der Waals surface area contributed by atoms with Gasteiger partial charge in [0.05, 0.1) is 23.8 Å². The van der Waals surface area contributed by atoms with Gasteiger partial charge in [0.15, 0.2) is 5.84 Å². The highest BCUT2D eigenvalue weighted by Gasteiger charge is 2.04. The number of pyridine rings is 3. The smallest absolute Gasteiger partial charge is 0.200 e. The number of anilines is 2. The first-order valence-corrected chi connectivity index (χ1v) is 6.86. The zero-order valence-corrected chi connectivity index (χ0v) is 12.1. The normalized spacial score (nSPS) is 11.0. The molecule has 0 fully saturated rings. The molecule has 3 aromatic rings. The molecule has 2 N–H and O–H groups in total. The summed E-state index contributed by atoms with van der Waals surface area (Å²) in [4.78, 5) is 16.7. The second kappa shape index (κ2) is 6.99. The molecule has 0 bridgehead atoms. The second-order valence-electron chi connectivity index (χ2n) is 4.53. The van der Waals surface area contributed by atoms with Crippen LogP contribution >= 0.6 is 0 Å². The van der Waals surface area contributed by atoms with Crippen LogP contribution in [-0.2, 0) is 0 Å². The third kappa shape index (κ3) is 3.79. The fourth-order valence-corrected chi connectivity index (χ4v) is 1.87. The number of nitrogens with one attached hydrogen (secondary N) is 2. The van der Waals surface area contributed by atoms with Gasteiger partial charge in [-0.1, -0.05) is 6.07 Å². The molecule has 3 heterocycles. The molecule has 0 saturated carbocycles. The topological polar surface area (TPSA) is 99.3 Å². The highest BCUT2D eigenvalue weighted by atomic mass is 15.1. The third-order valence-electron chi connectivity index (χ3n) is 2.92. The van der Waals surface area contributed by atoms with Crippen LogP contribution in [0, 0.1) is 5.53 Å². The molecule has 0 saturated heterocycles. The van der Waals surface area contributed by atoms with Crippen LogP contribution in [0.2, 0.25) is 0 Å². The Morgan fingerprint density at radius 2 is 1.91 bits per heavy atom. The molecule has 112 valence electrons. The fourth-order valence-electron chi connectivity index (χ4n) is 1.87. The molecular formula is C16H13N7. The molecular weight excluding hydrogens is 290 g/mol. The van der Waals surface area contributed by atoms with Crippen LogP contribution in [0.15, 0.2) is 77.4 Å². The van der Waals surface area contributed by atoms with Gasteiger partial charge in [0, 0.05) is 12.4 Å². The maximum atomic E-state index is 7.25. The largest absolute Gasteiger partial charge is 0.339 e. The van der Waals surface area contributed by atoms with Gasteiger partial charge in [-0.25, -0.2) is 15.5 Å². The average Bonchev–Trinajstić information content (AvgIpc) is 2.63. The summed E-state index contributed by atoms with van der Waals surface area (Å²) in [6.45, 7) is 0. The maximum Gasteiger partial charge on any atom is 0.200 e. The molecule has 3 aromatic heterocycles. The van der Waals surface area contributed by atoms with Crippen LogP contribution in [0.3, 0.4) is 0 Å². The summed E-state index contributed by atoms with van der Waals surface area (Å²) in [7, 11) is 0. The summed E-state index contributed by atoms with van der Waals surface area (Å²) in [6, 6.07) is 12.7. The van der Waals surface area contributed by atoms with Gasteiger partial charge in [-0.05, 0) is 36.4 Å². The summed E-state index contributed by atoms with van der Waals surface area (Å²) in [6.07, 6.45) is 6.66. The lowest BCUT2D eigenvalue weighted by Crippen LogP contribution is -1.98. The van der Waals surface area contributed by atoms with E-state index < -0.39 is 0 Å². The Hall–Kier alpha value is -3.48. The summed E-state index contributed by atoms with van der Waals surface area (Å²) in [5.41, 5.74) is 9.24. The van der Waals surface area contributed by atoms with Crippen molar-refractivity contribution in [1.82, 2.24) is 15.0 Å². The van der Waals surface area contributed by atoms with Gasteiger partial charge in [-0.15, -0.1) is 5.11 Å². The Morgan fingerprint density at radius 1 is 0.957 bits per heavy atom. The minimum atomic E-state index is 0.236. The lowest BCUT2D eigenvalue weighted by Gasteiger charge is -2.04. The molecule has 0 radical (unpaired) electrons. The van der Waals surface area contributed by atoms with E-state index in [0.717, 1.165) is 5.69 Å². The number of aliphatic imine (C=N–C) groups is 1. The summed E-state index contributed by atoms with van der Waals surface area (Å²) >= 11 is 0. The Labute approximate surface area is 132 Å². The number of amidine groups is 1. The first-order valence-electron chi connectivity index (χ1n) is 6.86. The van der Waals surface area contributed by atoms with E-state index in [9.17, 15) is 0 Å². The van der Waals surface area contributed by atoms with Crippen molar-refractivity contribution in [2.24, 2.45) is 10.1 Å². The minimum absolute atomic E-state index is 0.236. The standard InChI is InChI=1S/C16H13N7/c17-23-16(14-5-1-2-9-19-14)22-13-6-7-15(20-11-13)21-12-4-3-8-18-10-12/h1-11,17H,(H,20,21). The van der Waals surface area contributed by atoms with Crippen LogP contribution in [0.4, 0.5) is 17.2 Å². The van der Waals surface area contributed by atoms with Crippen LogP contribution in [0.1, 0.15) is 5.69 Å². The van der Waals surface area contributed by atoms with E-state index in [4.69, 9.17) is 5.53 Å². The predicted molar refractivity (Wildman–Crippen MR) is 87.3 cm³/mol. The molecule has 0 spiro atoms. The molecule has 0 amide bonds. The highest BCUT2D eigenvalue weighted by molar-refractivity contribution is 5.98. The number of hydrogen-bond acceptors (Lipinski definition) is 6. The highest BCUT2D eigenvalue weighted by Crippen LogP contribution is 2.17. The second-order valence-corrected chi connectivity index (χ2v) is 4.53. The molecule has 0 unspecified atom stereocenters. The van der Waals surface area contributed by atoms with Crippen molar-refractivity contribution in [3.63, 3.8) is 0 Å². The Balaban J connectivity index is 1.79. The van der Waals surface area contributed by atoms with Crippen molar-refractivity contribution < 1.29 is 0 Å². The zero-order valence-electron chi connectivity index (χ0n) is 12.1. The lowest BCUT2D eigenvalue weighted by atomic mass is 10.3. The minimum Gasteiger partial charge on any atom is -0.339 e. The summed E-state index contributed by atoms with van der Waals surface area (Å²) < 4.78 is 0. The fraction of sp³-hybridized carbons (Fsp3) is 0. The van der Waals surface area contributed by atoms with E-state index in [1.165, 1.54) is 0 Å². The molecule has 0 aliphatic carbocycles. The lowest BCUT2D eigenvalue weighted by molar-refractivity contribution is 1.15. The Morgan fingerprint density at radius 3 is 2.57 bits per heavy atom. The summed E-state index contributed by atoms with van der Waals surface area (Å²) in [5, 5.41) is 6.56. The number of aromatic nitrogens is 3. The molecule has 0 aliphatic rings. The van der Waals surface area contributed by atoms with Gasteiger partial charge in [0.25, 0.3) is 0 Å². The maximum absolute atomic E-state index is 7.25. The molecule has 7 heteroatoms. The molecule has 0 aliphatic heterocycles. The van der Waals surface area contributed by atoms with E-state index in [-0.39, 0.29) is 5.84 Å². The SMILES string of the molecule is N=NC(=Nc1ccc(Nc2cccnc2)nc1)c1ccccn1. The van der Waals surface area contributed by atoms with Crippen LogP contribution in [0.5, 0.6) is 0 Å². The van der Waals surface area contributed by atoms with E-state index in [1.54, 1.807) is 49.1 Å². The molecule has 7 nitrogen and oxygen atoms in total. The van der Waals surface area contributed by atoms with Gasteiger partial charge < -0.3 is 5.32 Å².